The monoisotopic (exact) mass is 359 g/mol. The van der Waals surface area contributed by atoms with Gasteiger partial charge in [0.05, 0.1) is 5.92 Å². The summed E-state index contributed by atoms with van der Waals surface area (Å²) in [6.45, 7) is 6.58. The number of alkyl halides is 3. The minimum Gasteiger partial charge on any atom is -0.333 e. The molecular formula is C15H29ClF3N3O. The standard InChI is InChI=1S/C15H28F3N3O.ClH/c1-4-7-21(11-15(16,17)18)13(22)12-6-5-8-20(9-12)10-14(2,3)19;/h12H,4-11,19H2,1-3H3;1H. The van der Waals surface area contributed by atoms with Gasteiger partial charge in [0.1, 0.15) is 6.54 Å². The highest BCUT2D eigenvalue weighted by molar-refractivity contribution is 5.85. The summed E-state index contributed by atoms with van der Waals surface area (Å²) in [6, 6.07) is 0. The molecule has 0 spiro atoms. The molecule has 1 rings (SSSR count). The lowest BCUT2D eigenvalue weighted by molar-refractivity contribution is -0.164. The Balaban J connectivity index is 0.00000484. The molecule has 0 saturated carbocycles. The third kappa shape index (κ3) is 8.77. The van der Waals surface area contributed by atoms with Gasteiger partial charge in [-0.05, 0) is 39.7 Å². The lowest BCUT2D eigenvalue weighted by Crippen LogP contribution is -2.52. The maximum atomic E-state index is 12.6. The van der Waals surface area contributed by atoms with Gasteiger partial charge in [0, 0.05) is 25.2 Å². The van der Waals surface area contributed by atoms with Crippen LogP contribution in [-0.2, 0) is 4.79 Å². The van der Waals surface area contributed by atoms with Crippen LogP contribution in [0.25, 0.3) is 0 Å². The molecule has 0 aliphatic carbocycles. The zero-order valence-corrected chi connectivity index (χ0v) is 15.0. The van der Waals surface area contributed by atoms with Crippen molar-refractivity contribution < 1.29 is 18.0 Å². The zero-order chi connectivity index (χ0) is 17.0. The molecule has 138 valence electrons. The van der Waals surface area contributed by atoms with Crippen LogP contribution in [0.15, 0.2) is 0 Å². The lowest BCUT2D eigenvalue weighted by Gasteiger charge is -2.37. The Morgan fingerprint density at radius 3 is 2.43 bits per heavy atom. The van der Waals surface area contributed by atoms with Crippen molar-refractivity contribution in [1.29, 1.82) is 0 Å². The Morgan fingerprint density at radius 2 is 1.96 bits per heavy atom. The second-order valence-electron chi connectivity index (χ2n) is 6.94. The van der Waals surface area contributed by atoms with E-state index < -0.39 is 12.7 Å². The van der Waals surface area contributed by atoms with E-state index in [4.69, 9.17) is 5.73 Å². The molecule has 23 heavy (non-hydrogen) atoms. The van der Waals surface area contributed by atoms with Crippen LogP contribution in [0.2, 0.25) is 0 Å². The Labute approximate surface area is 143 Å². The maximum absolute atomic E-state index is 12.6. The molecule has 1 saturated heterocycles. The third-order valence-electron chi connectivity index (χ3n) is 3.66. The number of carbonyl (C=O) groups is 1. The summed E-state index contributed by atoms with van der Waals surface area (Å²) in [5, 5.41) is 0. The molecule has 0 aromatic heterocycles. The fraction of sp³-hybridized carbons (Fsp3) is 0.933. The first-order chi connectivity index (χ1) is 10.0. The van der Waals surface area contributed by atoms with Crippen LogP contribution in [0.4, 0.5) is 13.2 Å². The van der Waals surface area contributed by atoms with Crippen LogP contribution in [0, 0.1) is 5.92 Å². The van der Waals surface area contributed by atoms with Crippen LogP contribution in [0.5, 0.6) is 0 Å². The van der Waals surface area contributed by atoms with Crippen LogP contribution in [0.3, 0.4) is 0 Å². The van der Waals surface area contributed by atoms with Crippen molar-refractivity contribution >= 4 is 18.3 Å². The lowest BCUT2D eigenvalue weighted by atomic mass is 9.94. The van der Waals surface area contributed by atoms with Gasteiger partial charge in [0.25, 0.3) is 0 Å². The van der Waals surface area contributed by atoms with Crippen molar-refractivity contribution in [2.24, 2.45) is 11.7 Å². The number of carbonyl (C=O) groups excluding carboxylic acids is 1. The summed E-state index contributed by atoms with van der Waals surface area (Å²) >= 11 is 0. The molecule has 0 radical (unpaired) electrons. The van der Waals surface area contributed by atoms with E-state index in [0.29, 0.717) is 25.9 Å². The minimum atomic E-state index is -4.35. The summed E-state index contributed by atoms with van der Waals surface area (Å²) in [5.74, 6) is -0.733. The highest BCUT2D eigenvalue weighted by Gasteiger charge is 2.36. The number of amides is 1. The quantitative estimate of drug-likeness (QED) is 0.793. The van der Waals surface area contributed by atoms with Crippen molar-refractivity contribution in [2.75, 3.05) is 32.7 Å². The number of hydrogen-bond donors (Lipinski definition) is 1. The average molecular weight is 360 g/mol. The van der Waals surface area contributed by atoms with Gasteiger partial charge in [-0.1, -0.05) is 6.92 Å². The summed E-state index contributed by atoms with van der Waals surface area (Å²) in [5.41, 5.74) is 5.62. The third-order valence-corrected chi connectivity index (χ3v) is 3.66. The van der Waals surface area contributed by atoms with Crippen LogP contribution < -0.4 is 5.73 Å². The number of halogens is 4. The average Bonchev–Trinajstić information content (AvgIpc) is 2.34. The first kappa shape index (κ1) is 22.5. The normalized spacial score (nSPS) is 20.0. The van der Waals surface area contributed by atoms with Gasteiger partial charge >= 0.3 is 6.18 Å². The maximum Gasteiger partial charge on any atom is 0.406 e. The van der Waals surface area contributed by atoms with E-state index in [2.05, 4.69) is 4.90 Å². The van der Waals surface area contributed by atoms with E-state index in [1.165, 1.54) is 0 Å². The van der Waals surface area contributed by atoms with E-state index in [0.717, 1.165) is 17.9 Å². The summed E-state index contributed by atoms with van der Waals surface area (Å²) in [4.78, 5) is 15.5. The van der Waals surface area contributed by atoms with E-state index in [1.807, 2.05) is 13.8 Å². The van der Waals surface area contributed by atoms with Crippen LogP contribution >= 0.6 is 12.4 Å². The van der Waals surface area contributed by atoms with E-state index in [1.54, 1.807) is 6.92 Å². The molecule has 1 unspecified atom stereocenters. The summed E-state index contributed by atoms with van der Waals surface area (Å²) in [7, 11) is 0. The predicted octanol–water partition coefficient (Wildman–Crippen LogP) is 2.66. The fourth-order valence-electron chi connectivity index (χ4n) is 2.99. The Kier molecular flexibility index (Phi) is 8.87. The molecule has 0 bridgehead atoms. The topological polar surface area (TPSA) is 49.6 Å². The Hall–Kier alpha value is -0.530. The van der Waals surface area contributed by atoms with Crippen LogP contribution in [-0.4, -0.2) is 60.1 Å². The molecule has 1 aliphatic rings. The van der Waals surface area contributed by atoms with Gasteiger partial charge in [0.15, 0.2) is 0 Å². The molecule has 1 heterocycles. The van der Waals surface area contributed by atoms with E-state index in [-0.39, 0.29) is 36.3 Å². The SMILES string of the molecule is CCCN(CC(F)(F)F)C(=O)C1CCCN(CC(C)(C)N)C1.Cl. The van der Waals surface area contributed by atoms with Gasteiger partial charge in [-0.2, -0.15) is 13.2 Å². The molecule has 1 aliphatic heterocycles. The highest BCUT2D eigenvalue weighted by atomic mass is 35.5. The van der Waals surface area contributed by atoms with Crippen molar-refractivity contribution in [3.8, 4) is 0 Å². The molecule has 4 nitrogen and oxygen atoms in total. The largest absolute Gasteiger partial charge is 0.406 e. The minimum absolute atomic E-state index is 0. The number of rotatable bonds is 6. The first-order valence-electron chi connectivity index (χ1n) is 7.88. The first-order valence-corrected chi connectivity index (χ1v) is 7.88. The number of hydrogen-bond acceptors (Lipinski definition) is 3. The molecule has 0 aromatic rings. The van der Waals surface area contributed by atoms with Crippen molar-refractivity contribution in [2.45, 2.75) is 51.7 Å². The van der Waals surface area contributed by atoms with Crippen molar-refractivity contribution in [3.05, 3.63) is 0 Å². The second-order valence-corrected chi connectivity index (χ2v) is 6.94. The van der Waals surface area contributed by atoms with Gasteiger partial charge in [0.2, 0.25) is 5.91 Å². The smallest absolute Gasteiger partial charge is 0.333 e. The summed E-state index contributed by atoms with van der Waals surface area (Å²) in [6.07, 6.45) is -2.36. The van der Waals surface area contributed by atoms with Crippen LogP contribution in [0.1, 0.15) is 40.0 Å². The fourth-order valence-corrected chi connectivity index (χ4v) is 2.99. The molecule has 2 N–H and O–H groups in total. The molecule has 1 atom stereocenters. The van der Waals surface area contributed by atoms with Gasteiger partial charge in [-0.3, -0.25) is 4.79 Å². The van der Waals surface area contributed by atoms with E-state index in [9.17, 15) is 18.0 Å². The van der Waals surface area contributed by atoms with Crippen molar-refractivity contribution in [3.63, 3.8) is 0 Å². The number of likely N-dealkylation sites (tertiary alicyclic amines) is 1. The number of nitrogens with zero attached hydrogens (tertiary/aromatic N) is 2. The zero-order valence-electron chi connectivity index (χ0n) is 14.2. The van der Waals surface area contributed by atoms with Gasteiger partial charge in [-0.15, -0.1) is 12.4 Å². The second kappa shape index (κ2) is 9.08. The summed E-state index contributed by atoms with van der Waals surface area (Å²) < 4.78 is 37.9. The number of nitrogens with two attached hydrogens (primary N) is 1. The molecule has 1 fully saturated rings. The predicted molar refractivity (Wildman–Crippen MR) is 87.6 cm³/mol. The Bertz CT molecular complexity index is 372. The van der Waals surface area contributed by atoms with Crippen molar-refractivity contribution in [1.82, 2.24) is 9.80 Å². The van der Waals surface area contributed by atoms with Gasteiger partial charge in [-0.25, -0.2) is 0 Å². The Morgan fingerprint density at radius 1 is 1.35 bits per heavy atom. The van der Waals surface area contributed by atoms with E-state index >= 15 is 0 Å². The molecule has 1 amide bonds. The molecule has 8 heteroatoms. The number of piperidine rings is 1. The highest BCUT2D eigenvalue weighted by Crippen LogP contribution is 2.23. The van der Waals surface area contributed by atoms with Gasteiger partial charge < -0.3 is 15.5 Å². The molecular weight excluding hydrogens is 331 g/mol. The molecule has 0 aromatic carbocycles.